The van der Waals surface area contributed by atoms with E-state index in [-0.39, 0.29) is 5.91 Å². The minimum Gasteiger partial charge on any atom is -0.399 e. The third kappa shape index (κ3) is 3.01. The van der Waals surface area contributed by atoms with Crippen molar-refractivity contribution in [3.8, 4) is 0 Å². The molecule has 0 saturated heterocycles. The molecule has 0 radical (unpaired) electrons. The van der Waals surface area contributed by atoms with Crippen LogP contribution in [0.2, 0.25) is 0 Å². The summed E-state index contributed by atoms with van der Waals surface area (Å²) in [6, 6.07) is 14.0. The van der Waals surface area contributed by atoms with Crippen molar-refractivity contribution >= 4 is 29.9 Å². The lowest BCUT2D eigenvalue weighted by Crippen LogP contribution is -2.11. The Kier molecular flexibility index (Phi) is 3.35. The molecule has 0 aromatic heterocycles. The summed E-state index contributed by atoms with van der Waals surface area (Å²) in [4.78, 5) is 12.7. The predicted octanol–water partition coefficient (Wildman–Crippen LogP) is 2.81. The lowest BCUT2D eigenvalue weighted by Gasteiger charge is -2.05. The van der Waals surface area contributed by atoms with Crippen molar-refractivity contribution in [2.75, 3.05) is 11.1 Å². The molecule has 0 saturated carbocycles. The number of carbonyl (C=O) groups is 1. The van der Waals surface area contributed by atoms with Crippen molar-refractivity contribution in [2.45, 2.75) is 4.90 Å². The van der Waals surface area contributed by atoms with E-state index in [1.807, 2.05) is 12.1 Å². The maximum atomic E-state index is 11.8. The van der Waals surface area contributed by atoms with Gasteiger partial charge in [0, 0.05) is 21.8 Å². The van der Waals surface area contributed by atoms with E-state index < -0.39 is 0 Å². The van der Waals surface area contributed by atoms with Gasteiger partial charge in [-0.15, -0.1) is 12.6 Å². The summed E-state index contributed by atoms with van der Waals surface area (Å²) >= 11 is 4.18. The molecular weight excluding hydrogens is 232 g/mol. The van der Waals surface area contributed by atoms with E-state index in [0.717, 1.165) is 10.6 Å². The van der Waals surface area contributed by atoms with E-state index in [4.69, 9.17) is 5.73 Å². The number of benzene rings is 2. The van der Waals surface area contributed by atoms with Crippen LogP contribution in [-0.4, -0.2) is 5.91 Å². The zero-order valence-corrected chi connectivity index (χ0v) is 9.95. The summed E-state index contributed by atoms with van der Waals surface area (Å²) in [5.74, 6) is -0.156. The van der Waals surface area contributed by atoms with Gasteiger partial charge in [0.05, 0.1) is 0 Å². The number of nitrogens with two attached hydrogens (primary N) is 1. The number of nitrogens with one attached hydrogen (secondary N) is 1. The Labute approximate surface area is 105 Å². The number of amides is 1. The Hall–Kier alpha value is -1.94. The monoisotopic (exact) mass is 244 g/mol. The normalized spacial score (nSPS) is 9.94. The molecule has 0 aliphatic carbocycles. The zero-order chi connectivity index (χ0) is 12.3. The molecule has 2 rings (SSSR count). The minimum absolute atomic E-state index is 0.156. The van der Waals surface area contributed by atoms with Gasteiger partial charge in [-0.25, -0.2) is 0 Å². The standard InChI is InChI=1S/C13H12N2OS/c14-10-3-1-9(2-4-10)13(16)15-11-5-7-12(17)8-6-11/h1-8,17H,14H2,(H,15,16). The van der Waals surface area contributed by atoms with Gasteiger partial charge >= 0.3 is 0 Å². The van der Waals surface area contributed by atoms with Gasteiger partial charge in [0.1, 0.15) is 0 Å². The van der Waals surface area contributed by atoms with Crippen LogP contribution in [0.5, 0.6) is 0 Å². The SMILES string of the molecule is Nc1ccc(C(=O)Nc2ccc(S)cc2)cc1. The van der Waals surface area contributed by atoms with Crippen molar-refractivity contribution < 1.29 is 4.79 Å². The minimum atomic E-state index is -0.156. The maximum absolute atomic E-state index is 11.8. The summed E-state index contributed by atoms with van der Waals surface area (Å²) in [7, 11) is 0. The molecule has 3 nitrogen and oxygen atoms in total. The molecule has 3 N–H and O–H groups in total. The fourth-order valence-electron chi connectivity index (χ4n) is 1.38. The highest BCUT2D eigenvalue weighted by atomic mass is 32.1. The second-order valence-corrected chi connectivity index (χ2v) is 4.14. The molecule has 0 spiro atoms. The van der Waals surface area contributed by atoms with Gasteiger partial charge in [-0.3, -0.25) is 4.79 Å². The molecule has 0 atom stereocenters. The lowest BCUT2D eigenvalue weighted by atomic mass is 10.2. The molecule has 0 bridgehead atoms. The Bertz CT molecular complexity index is 520. The summed E-state index contributed by atoms with van der Waals surface area (Å²) < 4.78 is 0. The molecule has 0 aliphatic heterocycles. The number of anilines is 2. The quantitative estimate of drug-likeness (QED) is 0.562. The maximum Gasteiger partial charge on any atom is 0.255 e. The van der Waals surface area contributed by atoms with E-state index in [1.165, 1.54) is 0 Å². The topological polar surface area (TPSA) is 55.1 Å². The Balaban J connectivity index is 2.11. The molecule has 2 aromatic rings. The molecule has 0 fully saturated rings. The van der Waals surface area contributed by atoms with Crippen LogP contribution in [0.15, 0.2) is 53.4 Å². The molecular formula is C13H12N2OS. The highest BCUT2D eigenvalue weighted by molar-refractivity contribution is 7.80. The first kappa shape index (κ1) is 11.5. The fraction of sp³-hybridized carbons (Fsp3) is 0. The third-order valence-corrected chi connectivity index (χ3v) is 2.60. The number of rotatable bonds is 2. The van der Waals surface area contributed by atoms with Crippen molar-refractivity contribution in [2.24, 2.45) is 0 Å². The van der Waals surface area contributed by atoms with Crippen LogP contribution < -0.4 is 11.1 Å². The number of nitrogen functional groups attached to an aromatic ring is 1. The van der Waals surface area contributed by atoms with Crippen LogP contribution in [0.4, 0.5) is 11.4 Å². The van der Waals surface area contributed by atoms with E-state index in [9.17, 15) is 4.79 Å². The van der Waals surface area contributed by atoms with Crippen molar-refractivity contribution in [1.29, 1.82) is 0 Å². The molecule has 86 valence electrons. The van der Waals surface area contributed by atoms with Crippen molar-refractivity contribution in [3.63, 3.8) is 0 Å². The van der Waals surface area contributed by atoms with Gasteiger partial charge in [0.25, 0.3) is 5.91 Å². The van der Waals surface area contributed by atoms with Gasteiger partial charge in [-0.1, -0.05) is 0 Å². The molecule has 0 aliphatic rings. The summed E-state index contributed by atoms with van der Waals surface area (Å²) in [6.45, 7) is 0. The van der Waals surface area contributed by atoms with Crippen molar-refractivity contribution in [1.82, 2.24) is 0 Å². The van der Waals surface area contributed by atoms with E-state index in [1.54, 1.807) is 36.4 Å². The molecule has 0 unspecified atom stereocenters. The van der Waals surface area contributed by atoms with Crippen LogP contribution in [0.3, 0.4) is 0 Å². The molecule has 17 heavy (non-hydrogen) atoms. The van der Waals surface area contributed by atoms with Gasteiger partial charge in [0.2, 0.25) is 0 Å². The second-order valence-electron chi connectivity index (χ2n) is 3.62. The first-order valence-corrected chi connectivity index (χ1v) is 5.56. The summed E-state index contributed by atoms with van der Waals surface area (Å²) in [6.07, 6.45) is 0. The summed E-state index contributed by atoms with van der Waals surface area (Å²) in [5, 5.41) is 2.79. The number of hydrogen-bond donors (Lipinski definition) is 3. The molecule has 2 aromatic carbocycles. The third-order valence-electron chi connectivity index (χ3n) is 2.30. The molecule has 1 amide bonds. The molecule has 4 heteroatoms. The number of hydrogen-bond acceptors (Lipinski definition) is 3. The average molecular weight is 244 g/mol. The van der Waals surface area contributed by atoms with Crippen LogP contribution in [0.25, 0.3) is 0 Å². The van der Waals surface area contributed by atoms with Crippen LogP contribution in [0, 0.1) is 0 Å². The van der Waals surface area contributed by atoms with Crippen LogP contribution >= 0.6 is 12.6 Å². The number of thiol groups is 1. The predicted molar refractivity (Wildman–Crippen MR) is 72.5 cm³/mol. The van der Waals surface area contributed by atoms with Crippen molar-refractivity contribution in [3.05, 3.63) is 54.1 Å². The Morgan fingerprint density at radius 3 is 2.18 bits per heavy atom. The zero-order valence-electron chi connectivity index (χ0n) is 9.05. The van der Waals surface area contributed by atoms with Gasteiger partial charge < -0.3 is 11.1 Å². The number of carbonyl (C=O) groups excluding carboxylic acids is 1. The first-order chi connectivity index (χ1) is 8.15. The Morgan fingerprint density at radius 2 is 1.59 bits per heavy atom. The second kappa shape index (κ2) is 4.93. The van der Waals surface area contributed by atoms with E-state index >= 15 is 0 Å². The summed E-state index contributed by atoms with van der Waals surface area (Å²) in [5.41, 5.74) is 7.51. The smallest absolute Gasteiger partial charge is 0.255 e. The Morgan fingerprint density at radius 1 is 1.00 bits per heavy atom. The lowest BCUT2D eigenvalue weighted by molar-refractivity contribution is 0.102. The van der Waals surface area contributed by atoms with E-state index in [2.05, 4.69) is 17.9 Å². The van der Waals surface area contributed by atoms with E-state index in [0.29, 0.717) is 11.3 Å². The molecule has 0 heterocycles. The van der Waals surface area contributed by atoms with Gasteiger partial charge in [-0.2, -0.15) is 0 Å². The van der Waals surface area contributed by atoms with Gasteiger partial charge in [-0.05, 0) is 48.5 Å². The van der Waals surface area contributed by atoms with Crippen LogP contribution in [-0.2, 0) is 0 Å². The fourth-order valence-corrected chi connectivity index (χ4v) is 1.53. The first-order valence-electron chi connectivity index (χ1n) is 5.11. The highest BCUT2D eigenvalue weighted by Crippen LogP contribution is 2.14. The largest absolute Gasteiger partial charge is 0.399 e. The average Bonchev–Trinajstić information content (AvgIpc) is 2.33. The highest BCUT2D eigenvalue weighted by Gasteiger charge is 2.05. The van der Waals surface area contributed by atoms with Crippen LogP contribution in [0.1, 0.15) is 10.4 Å². The van der Waals surface area contributed by atoms with Gasteiger partial charge in [0.15, 0.2) is 0 Å².